The fourth-order valence-electron chi connectivity index (χ4n) is 5.61. The van der Waals surface area contributed by atoms with Crippen LogP contribution >= 0.6 is 15.9 Å². The van der Waals surface area contributed by atoms with Crippen LogP contribution in [0.25, 0.3) is 0 Å². The van der Waals surface area contributed by atoms with E-state index in [9.17, 15) is 19.2 Å². The van der Waals surface area contributed by atoms with E-state index in [2.05, 4.69) is 15.9 Å². The summed E-state index contributed by atoms with van der Waals surface area (Å²) in [6.45, 7) is 2.04. The van der Waals surface area contributed by atoms with E-state index < -0.39 is 46.9 Å². The zero-order valence-electron chi connectivity index (χ0n) is 18.7. The summed E-state index contributed by atoms with van der Waals surface area (Å²) >= 11 is 3.37. The molecule has 1 spiro atoms. The third kappa shape index (κ3) is 2.91. The molecule has 1 aliphatic carbocycles. The van der Waals surface area contributed by atoms with Crippen LogP contribution < -0.4 is 4.90 Å². The molecular weight excluding hydrogens is 510 g/mol. The molecule has 2 saturated heterocycles. The average molecular weight is 530 g/mol. The van der Waals surface area contributed by atoms with Crippen LogP contribution in [0.5, 0.6) is 0 Å². The second kappa shape index (κ2) is 7.80. The number of imide groups is 1. The minimum Gasteiger partial charge on any atom is -0.349 e. The minimum atomic E-state index is -2.06. The van der Waals surface area contributed by atoms with Crippen molar-refractivity contribution < 1.29 is 23.9 Å². The monoisotopic (exact) mass is 529 g/mol. The van der Waals surface area contributed by atoms with Crippen molar-refractivity contribution in [2.45, 2.75) is 25.0 Å². The molecule has 2 aliphatic heterocycles. The fourth-order valence-corrected chi connectivity index (χ4v) is 5.87. The van der Waals surface area contributed by atoms with Crippen molar-refractivity contribution in [1.82, 2.24) is 0 Å². The number of Topliss-reactive ketones (excluding diaryl/α,β-unsaturated/α-hetero) is 2. The molecule has 6 rings (SSSR count). The number of rotatable bonds is 3. The molecule has 0 aromatic heterocycles. The number of aryl methyl sites for hydroxylation is 1. The second-order valence-corrected chi connectivity index (χ2v) is 9.98. The maximum Gasteiger partial charge on any atom is 0.241 e. The predicted molar refractivity (Wildman–Crippen MR) is 131 cm³/mol. The number of ketones is 2. The summed E-state index contributed by atoms with van der Waals surface area (Å²) in [6, 6.07) is 20.8. The zero-order valence-corrected chi connectivity index (χ0v) is 20.3. The summed E-state index contributed by atoms with van der Waals surface area (Å²) in [7, 11) is 0. The molecule has 0 radical (unpaired) electrons. The first-order valence-electron chi connectivity index (χ1n) is 11.5. The summed E-state index contributed by atoms with van der Waals surface area (Å²) in [6.07, 6.45) is -0.0759. The lowest BCUT2D eigenvalue weighted by Gasteiger charge is -2.27. The molecule has 174 valence electrons. The third-order valence-corrected chi connectivity index (χ3v) is 7.85. The smallest absolute Gasteiger partial charge is 0.241 e. The zero-order chi connectivity index (χ0) is 24.5. The van der Waals surface area contributed by atoms with Gasteiger partial charge in [0.2, 0.25) is 29.0 Å². The molecular formula is C28H20BrNO5. The Bertz CT molecular complexity index is 1380. The number of hydrogen-bond donors (Lipinski definition) is 0. The van der Waals surface area contributed by atoms with Crippen LogP contribution in [0.2, 0.25) is 0 Å². The molecule has 2 fully saturated rings. The Kier molecular flexibility index (Phi) is 4.92. The molecule has 2 amide bonds. The van der Waals surface area contributed by atoms with E-state index in [4.69, 9.17) is 4.74 Å². The highest BCUT2D eigenvalue weighted by Gasteiger charge is 2.74. The summed E-state index contributed by atoms with van der Waals surface area (Å²) in [5.74, 6) is -4.42. The van der Waals surface area contributed by atoms with Crippen molar-refractivity contribution >= 4 is 45.0 Å². The van der Waals surface area contributed by atoms with Crippen LogP contribution in [-0.2, 0) is 20.7 Å². The first-order chi connectivity index (χ1) is 16.9. The van der Waals surface area contributed by atoms with Gasteiger partial charge in [0, 0.05) is 15.6 Å². The number of carbonyl (C=O) groups is 4. The Morgan fingerprint density at radius 2 is 1.43 bits per heavy atom. The molecule has 0 bridgehead atoms. The lowest BCUT2D eigenvalue weighted by Crippen LogP contribution is -2.51. The lowest BCUT2D eigenvalue weighted by atomic mass is 9.77. The summed E-state index contributed by atoms with van der Waals surface area (Å²) in [5, 5.41) is 0. The van der Waals surface area contributed by atoms with Gasteiger partial charge in [0.1, 0.15) is 0 Å². The first-order valence-corrected chi connectivity index (χ1v) is 12.3. The predicted octanol–water partition coefficient (Wildman–Crippen LogP) is 4.71. The largest absolute Gasteiger partial charge is 0.349 e. The van der Waals surface area contributed by atoms with Crippen LogP contribution in [0, 0.1) is 11.8 Å². The number of hydrogen-bond acceptors (Lipinski definition) is 5. The van der Waals surface area contributed by atoms with Crippen LogP contribution in [0.15, 0.2) is 77.3 Å². The van der Waals surface area contributed by atoms with Crippen LogP contribution in [0.4, 0.5) is 5.69 Å². The summed E-state index contributed by atoms with van der Waals surface area (Å²) in [5.41, 5.74) is 0.539. The fraction of sp³-hybridized carbons (Fsp3) is 0.214. The van der Waals surface area contributed by atoms with Gasteiger partial charge in [-0.3, -0.25) is 19.2 Å². The van der Waals surface area contributed by atoms with E-state index in [-0.39, 0.29) is 11.1 Å². The van der Waals surface area contributed by atoms with Gasteiger partial charge in [0.15, 0.2) is 0 Å². The van der Waals surface area contributed by atoms with Gasteiger partial charge >= 0.3 is 0 Å². The maximum absolute atomic E-state index is 13.9. The molecule has 6 nitrogen and oxygen atoms in total. The van der Waals surface area contributed by atoms with Gasteiger partial charge in [0.25, 0.3) is 0 Å². The number of amides is 2. The molecule has 0 unspecified atom stereocenters. The molecule has 0 N–H and O–H groups in total. The minimum absolute atomic E-state index is 0.223. The van der Waals surface area contributed by atoms with E-state index in [1.54, 1.807) is 48.5 Å². The quantitative estimate of drug-likeness (QED) is 0.362. The molecule has 3 atom stereocenters. The van der Waals surface area contributed by atoms with Gasteiger partial charge in [-0.05, 0) is 41.8 Å². The van der Waals surface area contributed by atoms with Gasteiger partial charge in [-0.15, -0.1) is 0 Å². The van der Waals surface area contributed by atoms with Gasteiger partial charge in [0.05, 0.1) is 23.6 Å². The Hall–Kier alpha value is -3.42. The van der Waals surface area contributed by atoms with Crippen LogP contribution in [0.3, 0.4) is 0 Å². The highest BCUT2D eigenvalue weighted by atomic mass is 79.9. The van der Waals surface area contributed by atoms with Gasteiger partial charge in [-0.25, -0.2) is 4.90 Å². The van der Waals surface area contributed by atoms with E-state index >= 15 is 0 Å². The number of fused-ring (bicyclic) bond motifs is 3. The molecule has 3 aromatic carbocycles. The number of halogens is 1. The third-order valence-electron chi connectivity index (χ3n) is 7.32. The maximum atomic E-state index is 13.9. The second-order valence-electron chi connectivity index (χ2n) is 9.06. The van der Waals surface area contributed by atoms with Crippen molar-refractivity contribution in [3.8, 4) is 0 Å². The van der Waals surface area contributed by atoms with Gasteiger partial charge < -0.3 is 4.74 Å². The van der Waals surface area contributed by atoms with Gasteiger partial charge in [-0.1, -0.05) is 71.4 Å². The van der Waals surface area contributed by atoms with Crippen molar-refractivity contribution in [2.75, 3.05) is 4.90 Å². The highest BCUT2D eigenvalue weighted by Crippen LogP contribution is 2.57. The molecule has 3 aromatic rings. The first kappa shape index (κ1) is 22.1. The van der Waals surface area contributed by atoms with Crippen molar-refractivity contribution in [1.29, 1.82) is 0 Å². The molecule has 0 saturated carbocycles. The SMILES string of the molecule is CCc1ccc([C@@H]2OC3(C(=O)c4ccccc4C3=O)[C@H]3C(=O)N(c4ccc(Br)cc4)C(=O)[C@@H]23)cc1. The number of anilines is 1. The van der Waals surface area contributed by atoms with Crippen molar-refractivity contribution in [3.05, 3.63) is 99.5 Å². The van der Waals surface area contributed by atoms with E-state index in [1.165, 1.54) is 0 Å². The van der Waals surface area contributed by atoms with Crippen molar-refractivity contribution in [2.24, 2.45) is 11.8 Å². The Morgan fingerprint density at radius 3 is 2.00 bits per heavy atom. The Labute approximate surface area is 210 Å². The Morgan fingerprint density at radius 1 is 0.829 bits per heavy atom. The molecule has 2 heterocycles. The number of carbonyl (C=O) groups excluding carboxylic acids is 4. The Balaban J connectivity index is 1.53. The van der Waals surface area contributed by atoms with Gasteiger partial charge in [-0.2, -0.15) is 0 Å². The number of benzene rings is 3. The lowest BCUT2D eigenvalue weighted by molar-refractivity contribution is -0.127. The molecule has 35 heavy (non-hydrogen) atoms. The molecule has 3 aliphatic rings. The average Bonchev–Trinajstić information content (AvgIpc) is 3.45. The summed E-state index contributed by atoms with van der Waals surface area (Å²) in [4.78, 5) is 56.3. The summed E-state index contributed by atoms with van der Waals surface area (Å²) < 4.78 is 7.11. The van der Waals surface area contributed by atoms with E-state index in [0.717, 1.165) is 21.4 Å². The number of nitrogens with zero attached hydrogens (tertiary/aromatic N) is 1. The normalized spacial score (nSPS) is 24.4. The van der Waals surface area contributed by atoms with E-state index in [1.807, 2.05) is 31.2 Å². The number of ether oxygens (including phenoxy) is 1. The van der Waals surface area contributed by atoms with E-state index in [0.29, 0.717) is 11.3 Å². The van der Waals surface area contributed by atoms with Crippen LogP contribution in [-0.4, -0.2) is 29.0 Å². The van der Waals surface area contributed by atoms with Crippen LogP contribution in [0.1, 0.15) is 44.9 Å². The molecule has 7 heteroatoms. The van der Waals surface area contributed by atoms with Crippen molar-refractivity contribution in [3.63, 3.8) is 0 Å². The standard InChI is InChI=1S/C28H20BrNO5/c1-2-15-7-9-16(10-8-15)23-21-22(27(34)30(26(21)33)18-13-11-17(29)12-14-18)28(35-23)24(31)19-5-3-4-6-20(19)25(28)32/h3-14,21-23H,2H2,1H3/t21-,22-,23+/m1/s1. The topological polar surface area (TPSA) is 80.8 Å². The highest BCUT2D eigenvalue weighted by molar-refractivity contribution is 9.10.